The summed E-state index contributed by atoms with van der Waals surface area (Å²) in [6, 6.07) is 9.41. The van der Waals surface area contributed by atoms with Gasteiger partial charge in [-0.25, -0.2) is 19.5 Å². The summed E-state index contributed by atoms with van der Waals surface area (Å²) in [5.74, 6) is 0.595. The summed E-state index contributed by atoms with van der Waals surface area (Å²) in [5, 5.41) is 12.2. The number of carbonyl (C=O) groups excluding carboxylic acids is 2. The molecule has 4 rings (SSSR count). The average molecular weight is 382 g/mol. The molecule has 2 aliphatic rings. The summed E-state index contributed by atoms with van der Waals surface area (Å²) in [6.45, 7) is 1.13. The lowest BCUT2D eigenvalue weighted by Crippen LogP contribution is -2.44. The van der Waals surface area contributed by atoms with Crippen LogP contribution in [0.4, 0.5) is 0 Å². The minimum absolute atomic E-state index is 0.0762. The van der Waals surface area contributed by atoms with Crippen LogP contribution in [0.25, 0.3) is 5.69 Å². The molecule has 0 aliphatic carbocycles. The lowest BCUT2D eigenvalue weighted by molar-refractivity contribution is -0.130. The fourth-order valence-electron chi connectivity index (χ4n) is 3.76. The summed E-state index contributed by atoms with van der Waals surface area (Å²) >= 11 is 0. The normalized spacial score (nSPS) is 18.3. The van der Waals surface area contributed by atoms with E-state index in [1.54, 1.807) is 16.5 Å². The predicted molar refractivity (Wildman–Crippen MR) is 102 cm³/mol. The molecule has 146 valence electrons. The van der Waals surface area contributed by atoms with Crippen molar-refractivity contribution in [3.63, 3.8) is 0 Å². The minimum Gasteiger partial charge on any atom is -0.337 e. The van der Waals surface area contributed by atoms with E-state index in [1.807, 2.05) is 30.3 Å². The van der Waals surface area contributed by atoms with E-state index in [-0.39, 0.29) is 23.4 Å². The van der Waals surface area contributed by atoms with Gasteiger partial charge in [0.25, 0.3) is 5.91 Å². The number of aromatic amines is 1. The summed E-state index contributed by atoms with van der Waals surface area (Å²) in [6.07, 6.45) is 2.12. The molecule has 0 unspecified atom stereocenters. The van der Waals surface area contributed by atoms with E-state index in [9.17, 15) is 14.4 Å². The number of hydrazone groups is 1. The predicted octanol–water partition coefficient (Wildman–Crippen LogP) is 0.875. The smallest absolute Gasteiger partial charge is 0.337 e. The number of hydrogen-bond donors (Lipinski definition) is 1. The molecule has 0 radical (unpaired) electrons. The molecule has 9 heteroatoms. The van der Waals surface area contributed by atoms with Gasteiger partial charge in [0.1, 0.15) is 11.5 Å². The highest BCUT2D eigenvalue weighted by molar-refractivity contribution is 6.39. The molecule has 28 heavy (non-hydrogen) atoms. The molecule has 1 fully saturated rings. The van der Waals surface area contributed by atoms with Crippen LogP contribution in [0.5, 0.6) is 0 Å². The van der Waals surface area contributed by atoms with E-state index < -0.39 is 0 Å². The first-order valence-electron chi connectivity index (χ1n) is 9.40. The Morgan fingerprint density at radius 1 is 1.11 bits per heavy atom. The number of likely N-dealkylation sites (tertiary alicyclic amines) is 1. The highest BCUT2D eigenvalue weighted by Crippen LogP contribution is 2.27. The Bertz CT molecular complexity index is 969. The van der Waals surface area contributed by atoms with Crippen molar-refractivity contribution in [1.82, 2.24) is 24.7 Å². The Kier molecular flexibility index (Phi) is 4.81. The lowest BCUT2D eigenvalue weighted by atomic mass is 9.95. The number of carbonyl (C=O) groups is 2. The van der Waals surface area contributed by atoms with Crippen molar-refractivity contribution in [2.75, 3.05) is 20.1 Å². The third kappa shape index (κ3) is 3.35. The topological polar surface area (TPSA) is 104 Å². The molecule has 2 amide bonds. The number of amides is 2. The molecule has 1 saturated heterocycles. The number of rotatable bonds is 3. The number of nitrogens with zero attached hydrogens (tertiary/aromatic N) is 5. The Morgan fingerprint density at radius 3 is 2.50 bits per heavy atom. The Labute approximate surface area is 161 Å². The number of H-pyrrole nitrogens is 1. The van der Waals surface area contributed by atoms with Gasteiger partial charge in [0, 0.05) is 38.9 Å². The van der Waals surface area contributed by atoms with E-state index in [0.29, 0.717) is 50.3 Å². The van der Waals surface area contributed by atoms with Crippen LogP contribution in [0.2, 0.25) is 0 Å². The van der Waals surface area contributed by atoms with E-state index in [2.05, 4.69) is 15.3 Å². The quantitative estimate of drug-likeness (QED) is 0.851. The van der Waals surface area contributed by atoms with Gasteiger partial charge < -0.3 is 4.90 Å². The third-order valence-electron chi connectivity index (χ3n) is 5.31. The number of aromatic nitrogens is 3. The van der Waals surface area contributed by atoms with Gasteiger partial charge in [0.15, 0.2) is 0 Å². The Morgan fingerprint density at radius 2 is 1.82 bits per heavy atom. The van der Waals surface area contributed by atoms with Crippen LogP contribution >= 0.6 is 0 Å². The maximum Gasteiger partial charge on any atom is 0.347 e. The van der Waals surface area contributed by atoms with Crippen LogP contribution in [0.1, 0.15) is 37.4 Å². The molecule has 2 aromatic rings. The van der Waals surface area contributed by atoms with Crippen molar-refractivity contribution in [2.45, 2.75) is 31.6 Å². The van der Waals surface area contributed by atoms with Crippen molar-refractivity contribution in [3.05, 3.63) is 46.6 Å². The SMILES string of the molecule is CN1N=C(C(=O)N2CCC(c3n[nH]c(=O)n3-c3ccccc3)CC2)CCC1=O. The summed E-state index contributed by atoms with van der Waals surface area (Å²) < 4.78 is 1.61. The summed E-state index contributed by atoms with van der Waals surface area (Å²) in [5.41, 5.74) is 0.949. The van der Waals surface area contributed by atoms with Gasteiger partial charge in [0.05, 0.1) is 5.69 Å². The van der Waals surface area contributed by atoms with Crippen LogP contribution in [0.3, 0.4) is 0 Å². The first kappa shape index (κ1) is 18.1. The largest absolute Gasteiger partial charge is 0.347 e. The molecule has 1 aromatic heterocycles. The second kappa shape index (κ2) is 7.41. The molecule has 0 atom stereocenters. The maximum atomic E-state index is 12.7. The fraction of sp³-hybridized carbons (Fsp3) is 0.421. The van der Waals surface area contributed by atoms with Crippen LogP contribution in [0.15, 0.2) is 40.2 Å². The molecule has 0 bridgehead atoms. The zero-order chi connectivity index (χ0) is 19.7. The number of benzene rings is 1. The standard InChI is InChI=1S/C19H22N6O3/c1-23-16(26)8-7-15(22-23)18(27)24-11-9-13(10-12-24)17-20-21-19(28)25(17)14-5-3-2-4-6-14/h2-6,13H,7-12H2,1H3,(H,21,28). The summed E-state index contributed by atoms with van der Waals surface area (Å²) in [7, 11) is 1.57. The van der Waals surface area contributed by atoms with E-state index in [0.717, 1.165) is 5.69 Å². The molecule has 1 N–H and O–H groups in total. The maximum absolute atomic E-state index is 12.7. The third-order valence-corrected chi connectivity index (χ3v) is 5.31. The first-order chi connectivity index (χ1) is 13.5. The lowest BCUT2D eigenvalue weighted by Gasteiger charge is -2.32. The second-order valence-electron chi connectivity index (χ2n) is 7.09. The van der Waals surface area contributed by atoms with Crippen molar-refractivity contribution in [1.29, 1.82) is 0 Å². The van der Waals surface area contributed by atoms with Crippen LogP contribution in [-0.2, 0) is 9.59 Å². The van der Waals surface area contributed by atoms with Gasteiger partial charge in [-0.1, -0.05) is 18.2 Å². The molecular formula is C19H22N6O3. The van der Waals surface area contributed by atoms with Gasteiger partial charge in [-0.05, 0) is 25.0 Å². The molecule has 9 nitrogen and oxygen atoms in total. The molecular weight excluding hydrogens is 360 g/mol. The Hall–Kier alpha value is -3.23. The van der Waals surface area contributed by atoms with Gasteiger partial charge in [-0.3, -0.25) is 9.59 Å². The number of nitrogens with one attached hydrogen (secondary N) is 1. The number of piperidine rings is 1. The average Bonchev–Trinajstić information content (AvgIpc) is 3.11. The first-order valence-corrected chi connectivity index (χ1v) is 9.40. The van der Waals surface area contributed by atoms with Gasteiger partial charge in [0.2, 0.25) is 5.91 Å². The molecule has 0 spiro atoms. The van der Waals surface area contributed by atoms with Crippen molar-refractivity contribution in [3.8, 4) is 5.69 Å². The van der Waals surface area contributed by atoms with Crippen molar-refractivity contribution >= 4 is 17.5 Å². The molecule has 2 aliphatic heterocycles. The fourth-order valence-corrected chi connectivity index (χ4v) is 3.76. The van der Waals surface area contributed by atoms with E-state index in [1.165, 1.54) is 5.01 Å². The van der Waals surface area contributed by atoms with Crippen LogP contribution in [-0.4, -0.2) is 62.3 Å². The molecule has 1 aromatic carbocycles. The molecule has 0 saturated carbocycles. The number of para-hydroxylation sites is 1. The van der Waals surface area contributed by atoms with Gasteiger partial charge in [-0.2, -0.15) is 10.2 Å². The zero-order valence-electron chi connectivity index (χ0n) is 15.7. The van der Waals surface area contributed by atoms with Gasteiger partial charge in [-0.15, -0.1) is 0 Å². The highest BCUT2D eigenvalue weighted by Gasteiger charge is 2.31. The van der Waals surface area contributed by atoms with Gasteiger partial charge >= 0.3 is 5.69 Å². The second-order valence-corrected chi connectivity index (χ2v) is 7.09. The van der Waals surface area contributed by atoms with Crippen molar-refractivity contribution in [2.24, 2.45) is 5.10 Å². The van der Waals surface area contributed by atoms with Crippen LogP contribution < -0.4 is 5.69 Å². The van der Waals surface area contributed by atoms with Crippen molar-refractivity contribution < 1.29 is 9.59 Å². The van der Waals surface area contributed by atoms with Crippen LogP contribution in [0, 0.1) is 0 Å². The summed E-state index contributed by atoms with van der Waals surface area (Å²) in [4.78, 5) is 38.3. The zero-order valence-corrected chi connectivity index (χ0v) is 15.7. The Balaban J connectivity index is 1.47. The number of hydrogen-bond acceptors (Lipinski definition) is 5. The molecule has 3 heterocycles. The highest BCUT2D eigenvalue weighted by atomic mass is 16.2. The monoisotopic (exact) mass is 382 g/mol. The van der Waals surface area contributed by atoms with E-state index >= 15 is 0 Å². The van der Waals surface area contributed by atoms with E-state index in [4.69, 9.17) is 0 Å². The minimum atomic E-state index is -0.260.